The highest BCUT2D eigenvalue weighted by Gasteiger charge is 2.30. The van der Waals surface area contributed by atoms with E-state index in [4.69, 9.17) is 9.47 Å². The summed E-state index contributed by atoms with van der Waals surface area (Å²) in [6.07, 6.45) is -2.37. The molecule has 0 radical (unpaired) electrons. The summed E-state index contributed by atoms with van der Waals surface area (Å²) in [5, 5.41) is 6.69. The second-order valence-electron chi connectivity index (χ2n) is 6.38. The van der Waals surface area contributed by atoms with E-state index in [2.05, 4.69) is 20.8 Å². The molecule has 1 heterocycles. The number of carbonyl (C=O) groups excluding carboxylic acids is 1. The number of benzene rings is 2. The van der Waals surface area contributed by atoms with Gasteiger partial charge in [0.25, 0.3) is 5.91 Å². The first-order valence-electron chi connectivity index (χ1n) is 9.34. The van der Waals surface area contributed by atoms with Crippen LogP contribution in [0.25, 0.3) is 0 Å². The first-order chi connectivity index (χ1) is 15.4. The summed E-state index contributed by atoms with van der Waals surface area (Å²) in [5.41, 5.74) is 2.81. The fraction of sp³-hybridized carbons (Fsp3) is 0.136. The number of aromatic nitrogens is 1. The predicted octanol–water partition coefficient (Wildman–Crippen LogP) is 4.57. The SMILES string of the molecule is COc1cccc(/C=N\Nc2ccc(C(F)(F)F)cn2)c1OCC(=O)Nc1ccccc1. The van der Waals surface area contributed by atoms with Crippen LogP contribution in [0.2, 0.25) is 0 Å². The Kier molecular flexibility index (Phi) is 7.27. The van der Waals surface area contributed by atoms with E-state index in [1.54, 1.807) is 42.5 Å². The molecular formula is C22H19F3N4O3. The summed E-state index contributed by atoms with van der Waals surface area (Å²) in [4.78, 5) is 15.9. The maximum absolute atomic E-state index is 12.6. The molecule has 0 bridgehead atoms. The normalized spacial score (nSPS) is 11.2. The van der Waals surface area contributed by atoms with Crippen molar-refractivity contribution in [1.29, 1.82) is 0 Å². The second-order valence-corrected chi connectivity index (χ2v) is 6.38. The Labute approximate surface area is 181 Å². The van der Waals surface area contributed by atoms with Crippen LogP contribution in [-0.2, 0) is 11.0 Å². The van der Waals surface area contributed by atoms with E-state index in [-0.39, 0.29) is 24.1 Å². The molecule has 0 fully saturated rings. The maximum atomic E-state index is 12.6. The fourth-order valence-electron chi connectivity index (χ4n) is 2.60. The van der Waals surface area contributed by atoms with Crippen molar-refractivity contribution in [3.05, 3.63) is 78.0 Å². The van der Waals surface area contributed by atoms with Crippen LogP contribution in [0.3, 0.4) is 0 Å². The maximum Gasteiger partial charge on any atom is 0.417 e. The van der Waals surface area contributed by atoms with Gasteiger partial charge in [-0.1, -0.05) is 24.3 Å². The topological polar surface area (TPSA) is 84.8 Å². The molecule has 0 unspecified atom stereocenters. The summed E-state index contributed by atoms with van der Waals surface area (Å²) in [6, 6.07) is 16.0. The van der Waals surface area contributed by atoms with Crippen molar-refractivity contribution in [1.82, 2.24) is 4.98 Å². The number of alkyl halides is 3. The molecule has 0 saturated carbocycles. The largest absolute Gasteiger partial charge is 0.493 e. The molecule has 3 rings (SSSR count). The predicted molar refractivity (Wildman–Crippen MR) is 114 cm³/mol. The summed E-state index contributed by atoms with van der Waals surface area (Å²) in [6.45, 7) is -0.274. The quantitative estimate of drug-likeness (QED) is 0.393. The van der Waals surface area contributed by atoms with E-state index >= 15 is 0 Å². The molecule has 3 aromatic rings. The molecule has 0 spiro atoms. The Morgan fingerprint density at radius 1 is 1.09 bits per heavy atom. The minimum atomic E-state index is -4.46. The van der Waals surface area contributed by atoms with E-state index in [0.717, 1.165) is 12.1 Å². The average Bonchev–Trinajstić information content (AvgIpc) is 2.78. The van der Waals surface area contributed by atoms with Gasteiger partial charge in [-0.25, -0.2) is 4.98 Å². The van der Waals surface area contributed by atoms with Crippen LogP contribution in [-0.4, -0.2) is 30.8 Å². The summed E-state index contributed by atoms with van der Waals surface area (Å²) >= 11 is 0. The van der Waals surface area contributed by atoms with Crippen LogP contribution < -0.4 is 20.2 Å². The van der Waals surface area contributed by atoms with Crippen LogP contribution in [0.4, 0.5) is 24.7 Å². The monoisotopic (exact) mass is 444 g/mol. The van der Waals surface area contributed by atoms with Crippen LogP contribution in [0.1, 0.15) is 11.1 Å². The number of hydrogen-bond acceptors (Lipinski definition) is 6. The Hall–Kier alpha value is -4.08. The molecule has 7 nitrogen and oxygen atoms in total. The van der Waals surface area contributed by atoms with E-state index in [9.17, 15) is 18.0 Å². The van der Waals surface area contributed by atoms with Gasteiger partial charge in [0.1, 0.15) is 5.82 Å². The van der Waals surface area contributed by atoms with Gasteiger partial charge < -0.3 is 14.8 Å². The Morgan fingerprint density at radius 2 is 1.88 bits per heavy atom. The lowest BCUT2D eigenvalue weighted by Crippen LogP contribution is -2.20. The lowest BCUT2D eigenvalue weighted by atomic mass is 10.2. The molecule has 1 aromatic heterocycles. The third-order valence-corrected chi connectivity index (χ3v) is 4.11. The highest BCUT2D eigenvalue weighted by Crippen LogP contribution is 2.30. The van der Waals surface area contributed by atoms with Gasteiger partial charge in [0.2, 0.25) is 0 Å². The Bertz CT molecular complexity index is 1070. The second kappa shape index (κ2) is 10.3. The average molecular weight is 444 g/mol. The van der Waals surface area contributed by atoms with Crippen molar-refractivity contribution in [2.45, 2.75) is 6.18 Å². The number of nitrogens with one attached hydrogen (secondary N) is 2. The van der Waals surface area contributed by atoms with Gasteiger partial charge in [-0.05, 0) is 36.4 Å². The van der Waals surface area contributed by atoms with Crippen molar-refractivity contribution in [2.24, 2.45) is 5.10 Å². The zero-order valence-corrected chi connectivity index (χ0v) is 16.9. The Morgan fingerprint density at radius 3 is 2.53 bits per heavy atom. The minimum absolute atomic E-state index is 0.127. The van der Waals surface area contributed by atoms with Gasteiger partial charge in [0.15, 0.2) is 18.1 Å². The number of nitrogens with zero attached hydrogens (tertiary/aromatic N) is 2. The third-order valence-electron chi connectivity index (χ3n) is 4.11. The molecule has 2 aromatic carbocycles. The third kappa shape index (κ3) is 6.21. The molecular weight excluding hydrogens is 425 g/mol. The first kappa shape index (κ1) is 22.6. The molecule has 32 heavy (non-hydrogen) atoms. The number of pyridine rings is 1. The molecule has 0 aliphatic carbocycles. The number of anilines is 2. The zero-order valence-electron chi connectivity index (χ0n) is 16.9. The molecule has 2 N–H and O–H groups in total. The van der Waals surface area contributed by atoms with Crippen LogP contribution in [0.5, 0.6) is 11.5 Å². The van der Waals surface area contributed by atoms with Crippen LogP contribution >= 0.6 is 0 Å². The molecule has 10 heteroatoms. The number of halogens is 3. The lowest BCUT2D eigenvalue weighted by Gasteiger charge is -2.13. The number of ether oxygens (including phenoxy) is 2. The highest BCUT2D eigenvalue weighted by molar-refractivity contribution is 5.92. The standard InChI is InChI=1S/C22H19F3N4O3/c1-31-18-9-5-6-15(12-27-29-19-11-10-16(13-26-19)22(23,24)25)21(18)32-14-20(30)28-17-7-3-2-4-8-17/h2-13H,14H2,1H3,(H,26,29)(H,28,30)/b27-12-. The van der Waals surface area contributed by atoms with Gasteiger partial charge in [-0.15, -0.1) is 0 Å². The number of hydrazone groups is 1. The summed E-state index contributed by atoms with van der Waals surface area (Å²) in [5.74, 6) is 0.428. The number of amides is 1. The van der Waals surface area contributed by atoms with Gasteiger partial charge in [-0.3, -0.25) is 10.2 Å². The number of para-hydroxylation sites is 2. The lowest BCUT2D eigenvalue weighted by molar-refractivity contribution is -0.137. The summed E-state index contributed by atoms with van der Waals surface area (Å²) in [7, 11) is 1.46. The van der Waals surface area contributed by atoms with E-state index in [1.807, 2.05) is 6.07 Å². The number of carbonyl (C=O) groups is 1. The van der Waals surface area contributed by atoms with Gasteiger partial charge in [0, 0.05) is 17.4 Å². The van der Waals surface area contributed by atoms with Crippen molar-refractivity contribution >= 4 is 23.6 Å². The minimum Gasteiger partial charge on any atom is -0.493 e. The number of rotatable bonds is 8. The van der Waals surface area contributed by atoms with E-state index in [1.165, 1.54) is 13.3 Å². The summed E-state index contributed by atoms with van der Waals surface area (Å²) < 4.78 is 48.8. The first-order valence-corrected chi connectivity index (χ1v) is 9.34. The molecule has 1 amide bonds. The molecule has 0 saturated heterocycles. The molecule has 0 aliphatic rings. The van der Waals surface area contributed by atoms with Crippen molar-refractivity contribution in [3.63, 3.8) is 0 Å². The van der Waals surface area contributed by atoms with E-state index < -0.39 is 11.7 Å². The zero-order chi connectivity index (χ0) is 23.0. The van der Waals surface area contributed by atoms with Crippen LogP contribution in [0.15, 0.2) is 72.0 Å². The van der Waals surface area contributed by atoms with E-state index in [0.29, 0.717) is 23.2 Å². The number of methoxy groups -OCH3 is 1. The number of hydrogen-bond donors (Lipinski definition) is 2. The molecule has 0 aliphatic heterocycles. The fourth-order valence-corrected chi connectivity index (χ4v) is 2.60. The van der Waals surface area contributed by atoms with Gasteiger partial charge in [-0.2, -0.15) is 18.3 Å². The van der Waals surface area contributed by atoms with Crippen LogP contribution in [0, 0.1) is 0 Å². The van der Waals surface area contributed by atoms with Crippen molar-refractivity contribution < 1.29 is 27.4 Å². The van der Waals surface area contributed by atoms with Gasteiger partial charge in [0.05, 0.1) is 18.9 Å². The van der Waals surface area contributed by atoms with Gasteiger partial charge >= 0.3 is 6.18 Å². The molecule has 166 valence electrons. The van der Waals surface area contributed by atoms with Crippen molar-refractivity contribution in [3.8, 4) is 11.5 Å². The molecule has 0 atom stereocenters. The highest BCUT2D eigenvalue weighted by atomic mass is 19.4. The Balaban J connectivity index is 1.67. The van der Waals surface area contributed by atoms with Crippen molar-refractivity contribution in [2.75, 3.05) is 24.5 Å². The smallest absolute Gasteiger partial charge is 0.417 e.